The molecule has 2 aromatic rings. The molecule has 0 radical (unpaired) electrons. The molecule has 1 aromatic heterocycles. The lowest BCUT2D eigenvalue weighted by atomic mass is 10.2. The van der Waals surface area contributed by atoms with E-state index >= 15 is 0 Å². The second-order valence-electron chi connectivity index (χ2n) is 4.61. The van der Waals surface area contributed by atoms with E-state index in [0.717, 1.165) is 17.3 Å². The second kappa shape index (κ2) is 5.73. The zero-order valence-electron chi connectivity index (χ0n) is 11.5. The summed E-state index contributed by atoms with van der Waals surface area (Å²) in [5.74, 6) is 0.376. The van der Waals surface area contributed by atoms with Crippen LogP contribution in [0.5, 0.6) is 5.88 Å². The maximum Gasteiger partial charge on any atom is 0.258 e. The Hall–Kier alpha value is -2.04. The molecule has 0 spiro atoms. The van der Waals surface area contributed by atoms with Gasteiger partial charge in [-0.2, -0.15) is 0 Å². The standard InChI is InChI=1S/C14H19N3O2/c1-4-10(2)15-13(18)9-19-14-11-7-5-6-8-12(11)17(3)16-14/h5-8,10H,4,9H2,1-3H3,(H,15,18). The number of carbonyl (C=O) groups is 1. The SMILES string of the molecule is CCC(C)NC(=O)COc1nn(C)c2ccccc12. The van der Waals surface area contributed by atoms with Crippen LogP contribution >= 0.6 is 0 Å². The Morgan fingerprint density at radius 1 is 1.47 bits per heavy atom. The lowest BCUT2D eigenvalue weighted by Gasteiger charge is -2.11. The van der Waals surface area contributed by atoms with Crippen LogP contribution in [0.15, 0.2) is 24.3 Å². The Balaban J connectivity index is 2.04. The molecule has 1 N–H and O–H groups in total. The molecule has 1 aromatic carbocycles. The minimum absolute atomic E-state index is 0.00858. The summed E-state index contributed by atoms with van der Waals surface area (Å²) < 4.78 is 7.25. The number of hydrogen-bond donors (Lipinski definition) is 1. The number of hydrogen-bond acceptors (Lipinski definition) is 3. The molecule has 0 aliphatic carbocycles. The average Bonchev–Trinajstić information content (AvgIpc) is 2.74. The van der Waals surface area contributed by atoms with Crippen molar-refractivity contribution in [2.45, 2.75) is 26.3 Å². The van der Waals surface area contributed by atoms with Gasteiger partial charge < -0.3 is 10.1 Å². The molecule has 0 aliphatic heterocycles. The van der Waals surface area contributed by atoms with Crippen molar-refractivity contribution in [2.75, 3.05) is 6.61 Å². The Labute approximate surface area is 112 Å². The number of fused-ring (bicyclic) bond motifs is 1. The fourth-order valence-electron chi connectivity index (χ4n) is 1.84. The molecule has 1 unspecified atom stereocenters. The van der Waals surface area contributed by atoms with Gasteiger partial charge in [0.05, 0.1) is 10.9 Å². The van der Waals surface area contributed by atoms with Crippen molar-refractivity contribution < 1.29 is 9.53 Å². The number of ether oxygens (including phenoxy) is 1. The molecule has 0 bridgehead atoms. The van der Waals surface area contributed by atoms with E-state index in [1.54, 1.807) is 4.68 Å². The van der Waals surface area contributed by atoms with E-state index in [4.69, 9.17) is 4.74 Å². The van der Waals surface area contributed by atoms with Gasteiger partial charge >= 0.3 is 0 Å². The number of nitrogens with one attached hydrogen (secondary N) is 1. The maximum absolute atomic E-state index is 11.7. The van der Waals surface area contributed by atoms with E-state index in [1.165, 1.54) is 0 Å². The summed E-state index contributed by atoms with van der Waals surface area (Å²) in [6, 6.07) is 7.94. The van der Waals surface area contributed by atoms with Gasteiger partial charge in [0.25, 0.3) is 5.91 Å². The van der Waals surface area contributed by atoms with Crippen molar-refractivity contribution in [3.05, 3.63) is 24.3 Å². The summed E-state index contributed by atoms with van der Waals surface area (Å²) in [6.45, 7) is 3.98. The Kier molecular flexibility index (Phi) is 4.04. The number of amides is 1. The fourth-order valence-corrected chi connectivity index (χ4v) is 1.84. The topological polar surface area (TPSA) is 56.1 Å². The van der Waals surface area contributed by atoms with Gasteiger partial charge in [0.15, 0.2) is 6.61 Å². The quantitative estimate of drug-likeness (QED) is 0.894. The second-order valence-corrected chi connectivity index (χ2v) is 4.61. The number of aromatic nitrogens is 2. The highest BCUT2D eigenvalue weighted by Crippen LogP contribution is 2.23. The van der Waals surface area contributed by atoms with Crippen LogP contribution in [-0.2, 0) is 11.8 Å². The van der Waals surface area contributed by atoms with Gasteiger partial charge in [-0.05, 0) is 25.5 Å². The highest BCUT2D eigenvalue weighted by molar-refractivity contribution is 5.85. The molecule has 0 saturated carbocycles. The minimum atomic E-state index is -0.121. The largest absolute Gasteiger partial charge is 0.466 e. The van der Waals surface area contributed by atoms with E-state index in [1.807, 2.05) is 45.2 Å². The minimum Gasteiger partial charge on any atom is -0.466 e. The van der Waals surface area contributed by atoms with Gasteiger partial charge in [0.1, 0.15) is 0 Å². The predicted molar refractivity (Wildman–Crippen MR) is 74.1 cm³/mol. The third-order valence-electron chi connectivity index (χ3n) is 3.08. The Bertz CT molecular complexity index is 577. The van der Waals surface area contributed by atoms with E-state index in [2.05, 4.69) is 10.4 Å². The maximum atomic E-state index is 11.7. The van der Waals surface area contributed by atoms with Gasteiger partial charge in [-0.25, -0.2) is 0 Å². The molecule has 0 saturated heterocycles. The van der Waals surface area contributed by atoms with Gasteiger partial charge in [0.2, 0.25) is 5.88 Å². The Morgan fingerprint density at radius 2 is 2.21 bits per heavy atom. The van der Waals surface area contributed by atoms with Crippen LogP contribution < -0.4 is 10.1 Å². The number of benzene rings is 1. The number of para-hydroxylation sites is 1. The molecule has 1 amide bonds. The number of rotatable bonds is 5. The molecule has 5 nitrogen and oxygen atoms in total. The van der Waals surface area contributed by atoms with Crippen LogP contribution in [-0.4, -0.2) is 28.3 Å². The van der Waals surface area contributed by atoms with Gasteiger partial charge in [-0.15, -0.1) is 5.10 Å². The summed E-state index contributed by atoms with van der Waals surface area (Å²) in [5.41, 5.74) is 0.986. The molecular weight excluding hydrogens is 242 g/mol. The van der Waals surface area contributed by atoms with Crippen LogP contribution in [0.1, 0.15) is 20.3 Å². The van der Waals surface area contributed by atoms with Crippen LogP contribution in [0.2, 0.25) is 0 Å². The van der Waals surface area contributed by atoms with Crippen molar-refractivity contribution in [2.24, 2.45) is 7.05 Å². The molecule has 0 fully saturated rings. The first-order valence-corrected chi connectivity index (χ1v) is 6.45. The highest BCUT2D eigenvalue weighted by atomic mass is 16.5. The van der Waals surface area contributed by atoms with E-state index < -0.39 is 0 Å². The predicted octanol–water partition coefficient (Wildman–Crippen LogP) is 1.87. The molecule has 2 rings (SSSR count). The van der Waals surface area contributed by atoms with E-state index in [-0.39, 0.29) is 18.6 Å². The lowest BCUT2D eigenvalue weighted by molar-refractivity contribution is -0.123. The van der Waals surface area contributed by atoms with Crippen molar-refractivity contribution in [1.82, 2.24) is 15.1 Å². The monoisotopic (exact) mass is 261 g/mol. The molecule has 1 heterocycles. The number of nitrogens with zero attached hydrogens (tertiary/aromatic N) is 2. The normalized spacial score (nSPS) is 12.4. The number of aryl methyl sites for hydroxylation is 1. The van der Waals surface area contributed by atoms with Gasteiger partial charge in [-0.3, -0.25) is 9.48 Å². The summed E-state index contributed by atoms with van der Waals surface area (Å²) in [7, 11) is 1.86. The fraction of sp³-hybridized carbons (Fsp3) is 0.429. The van der Waals surface area contributed by atoms with Gasteiger partial charge in [0, 0.05) is 13.1 Å². The summed E-state index contributed by atoms with van der Waals surface area (Å²) in [4.78, 5) is 11.7. The third kappa shape index (κ3) is 3.05. The summed E-state index contributed by atoms with van der Waals surface area (Å²) >= 11 is 0. The van der Waals surface area contributed by atoms with Crippen LogP contribution in [0.25, 0.3) is 10.9 Å². The van der Waals surface area contributed by atoms with Crippen molar-refractivity contribution in [3.8, 4) is 5.88 Å². The van der Waals surface area contributed by atoms with E-state index in [0.29, 0.717) is 5.88 Å². The van der Waals surface area contributed by atoms with Gasteiger partial charge in [-0.1, -0.05) is 19.1 Å². The zero-order chi connectivity index (χ0) is 13.8. The molecule has 19 heavy (non-hydrogen) atoms. The molecule has 5 heteroatoms. The zero-order valence-corrected chi connectivity index (χ0v) is 11.5. The molecule has 0 aliphatic rings. The average molecular weight is 261 g/mol. The van der Waals surface area contributed by atoms with Crippen LogP contribution in [0.3, 0.4) is 0 Å². The molecule has 102 valence electrons. The first-order chi connectivity index (χ1) is 9.11. The summed E-state index contributed by atoms with van der Waals surface area (Å²) in [6.07, 6.45) is 0.901. The highest BCUT2D eigenvalue weighted by Gasteiger charge is 2.11. The van der Waals surface area contributed by atoms with Crippen LogP contribution in [0.4, 0.5) is 0 Å². The third-order valence-corrected chi connectivity index (χ3v) is 3.08. The summed E-state index contributed by atoms with van der Waals surface area (Å²) in [5, 5.41) is 8.05. The number of carbonyl (C=O) groups excluding carboxylic acids is 1. The van der Waals surface area contributed by atoms with Crippen molar-refractivity contribution in [1.29, 1.82) is 0 Å². The first-order valence-electron chi connectivity index (χ1n) is 6.45. The van der Waals surface area contributed by atoms with Crippen molar-refractivity contribution >= 4 is 16.8 Å². The van der Waals surface area contributed by atoms with E-state index in [9.17, 15) is 4.79 Å². The molecule has 1 atom stereocenters. The smallest absolute Gasteiger partial charge is 0.258 e. The Morgan fingerprint density at radius 3 is 2.95 bits per heavy atom. The first kappa shape index (κ1) is 13.4. The lowest BCUT2D eigenvalue weighted by Crippen LogP contribution is -2.35. The van der Waals surface area contributed by atoms with Crippen LogP contribution in [0, 0.1) is 0 Å². The van der Waals surface area contributed by atoms with Crippen molar-refractivity contribution in [3.63, 3.8) is 0 Å². The molecular formula is C14H19N3O2.